The molecule has 2 rings (SSSR count). The van der Waals surface area contributed by atoms with Crippen molar-refractivity contribution in [3.63, 3.8) is 0 Å². The number of thiophene rings is 1. The number of hydrogen-bond acceptors (Lipinski definition) is 5. The van der Waals surface area contributed by atoms with Crippen molar-refractivity contribution in [1.82, 2.24) is 0 Å². The van der Waals surface area contributed by atoms with Crippen molar-refractivity contribution in [3.8, 4) is 5.75 Å². The molecule has 7 heteroatoms. The molecular formula is C14H11Br2NO3S. The summed E-state index contributed by atoms with van der Waals surface area (Å²) < 4.78 is 7.04. The Bertz CT molecular complexity index is 656. The second-order valence-electron chi connectivity index (χ2n) is 3.98. The van der Waals surface area contributed by atoms with E-state index in [1.807, 2.05) is 29.6 Å². The monoisotopic (exact) mass is 431 g/mol. The zero-order valence-corrected chi connectivity index (χ0v) is 15.0. The van der Waals surface area contributed by atoms with Gasteiger partial charge in [0, 0.05) is 4.47 Å². The summed E-state index contributed by atoms with van der Waals surface area (Å²) in [6.45, 7) is 1.58. The zero-order chi connectivity index (χ0) is 15.2. The Morgan fingerprint density at radius 3 is 2.81 bits per heavy atom. The molecule has 0 atom stereocenters. The fraction of sp³-hybridized carbons (Fsp3) is 0.143. The topological polar surface area (TPSA) is 47.9 Å². The summed E-state index contributed by atoms with van der Waals surface area (Å²) >= 11 is 8.23. The molecule has 0 radical (unpaired) electrons. The predicted molar refractivity (Wildman–Crippen MR) is 90.0 cm³/mol. The lowest BCUT2D eigenvalue weighted by molar-refractivity contribution is -0.146. The predicted octanol–water partition coefficient (Wildman–Crippen LogP) is 4.62. The van der Waals surface area contributed by atoms with Crippen LogP contribution >= 0.6 is 43.2 Å². The van der Waals surface area contributed by atoms with Crippen LogP contribution in [0, 0.1) is 0 Å². The van der Waals surface area contributed by atoms with Crippen molar-refractivity contribution in [3.05, 3.63) is 49.5 Å². The molecule has 1 heterocycles. The highest BCUT2D eigenvalue weighted by molar-refractivity contribution is 9.11. The highest BCUT2D eigenvalue weighted by Gasteiger charge is 2.08. The maximum absolute atomic E-state index is 11.6. The molecule has 0 aliphatic rings. The van der Waals surface area contributed by atoms with Gasteiger partial charge in [0.25, 0.3) is 0 Å². The molecule has 0 aliphatic carbocycles. The molecule has 0 saturated heterocycles. The van der Waals surface area contributed by atoms with Gasteiger partial charge in [-0.05, 0) is 52.5 Å². The largest absolute Gasteiger partial charge is 0.481 e. The number of benzene rings is 1. The number of rotatable bonds is 5. The van der Waals surface area contributed by atoms with Gasteiger partial charge in [0.2, 0.25) is 0 Å². The van der Waals surface area contributed by atoms with Crippen molar-refractivity contribution >= 4 is 54.9 Å². The highest BCUT2D eigenvalue weighted by atomic mass is 79.9. The Morgan fingerprint density at radius 1 is 1.33 bits per heavy atom. The Hall–Kier alpha value is -1.18. The van der Waals surface area contributed by atoms with E-state index >= 15 is 0 Å². The van der Waals surface area contributed by atoms with Gasteiger partial charge in [0.1, 0.15) is 5.75 Å². The standard InChI is InChI=1S/C14H11Br2NO3S/c1-9(13-3-2-6-21-13)17-20-14(18)8-19-12-5-4-10(15)7-11(12)16/h2-7H,8H2,1H3/b17-9-. The number of halogens is 2. The Balaban J connectivity index is 1.86. The van der Waals surface area contributed by atoms with E-state index < -0.39 is 5.97 Å². The minimum absolute atomic E-state index is 0.207. The molecule has 0 fully saturated rings. The summed E-state index contributed by atoms with van der Waals surface area (Å²) in [5.41, 5.74) is 0.656. The van der Waals surface area contributed by atoms with E-state index in [0.29, 0.717) is 11.5 Å². The van der Waals surface area contributed by atoms with Gasteiger partial charge in [-0.3, -0.25) is 0 Å². The van der Waals surface area contributed by atoms with Crippen LogP contribution in [-0.4, -0.2) is 18.3 Å². The van der Waals surface area contributed by atoms with Crippen LogP contribution in [0.4, 0.5) is 0 Å². The lowest BCUT2D eigenvalue weighted by Crippen LogP contribution is -2.13. The molecule has 0 spiro atoms. The molecule has 110 valence electrons. The number of ether oxygens (including phenoxy) is 1. The average molecular weight is 433 g/mol. The first-order valence-corrected chi connectivity index (χ1v) is 8.39. The number of nitrogens with zero attached hydrogens (tertiary/aromatic N) is 1. The average Bonchev–Trinajstić information content (AvgIpc) is 2.98. The van der Waals surface area contributed by atoms with Crippen LogP contribution in [0.15, 0.2) is 49.8 Å². The summed E-state index contributed by atoms with van der Waals surface area (Å²) in [6.07, 6.45) is 0. The van der Waals surface area contributed by atoms with Crippen LogP contribution in [-0.2, 0) is 9.63 Å². The maximum Gasteiger partial charge on any atom is 0.372 e. The number of carbonyl (C=O) groups excluding carboxylic acids is 1. The summed E-state index contributed by atoms with van der Waals surface area (Å²) in [4.78, 5) is 17.4. The quantitative estimate of drug-likeness (QED) is 0.393. The van der Waals surface area contributed by atoms with Crippen LogP contribution in [0.2, 0.25) is 0 Å². The molecule has 1 aromatic heterocycles. The number of hydrogen-bond donors (Lipinski definition) is 0. The van der Waals surface area contributed by atoms with Gasteiger partial charge in [-0.1, -0.05) is 27.2 Å². The molecule has 2 aromatic rings. The van der Waals surface area contributed by atoms with Crippen LogP contribution < -0.4 is 4.74 Å². The van der Waals surface area contributed by atoms with Gasteiger partial charge < -0.3 is 9.57 Å². The zero-order valence-electron chi connectivity index (χ0n) is 11.0. The number of oxime groups is 1. The molecule has 0 N–H and O–H groups in total. The summed E-state index contributed by atoms with van der Waals surface area (Å²) in [6, 6.07) is 9.23. The van der Waals surface area contributed by atoms with Crippen LogP contribution in [0.5, 0.6) is 5.75 Å². The summed E-state index contributed by atoms with van der Waals surface area (Å²) in [5, 5.41) is 5.73. The summed E-state index contributed by atoms with van der Waals surface area (Å²) in [7, 11) is 0. The van der Waals surface area contributed by atoms with Crippen molar-refractivity contribution in [2.45, 2.75) is 6.92 Å². The van der Waals surface area contributed by atoms with E-state index in [-0.39, 0.29) is 6.61 Å². The van der Waals surface area contributed by atoms with E-state index in [1.165, 1.54) is 11.3 Å². The molecule has 0 saturated carbocycles. The Labute approximate surface area is 143 Å². The fourth-order valence-electron chi connectivity index (χ4n) is 1.40. The number of carbonyl (C=O) groups is 1. The second kappa shape index (κ2) is 7.72. The highest BCUT2D eigenvalue weighted by Crippen LogP contribution is 2.28. The van der Waals surface area contributed by atoms with Gasteiger partial charge >= 0.3 is 5.97 Å². The lowest BCUT2D eigenvalue weighted by atomic mass is 10.3. The van der Waals surface area contributed by atoms with Crippen molar-refractivity contribution in [1.29, 1.82) is 0 Å². The van der Waals surface area contributed by atoms with E-state index in [0.717, 1.165) is 13.8 Å². The minimum Gasteiger partial charge on any atom is -0.481 e. The molecule has 0 aliphatic heterocycles. The first-order chi connectivity index (χ1) is 10.1. The smallest absolute Gasteiger partial charge is 0.372 e. The van der Waals surface area contributed by atoms with Crippen LogP contribution in [0.3, 0.4) is 0 Å². The molecule has 4 nitrogen and oxygen atoms in total. The fourth-order valence-corrected chi connectivity index (χ4v) is 3.23. The van der Waals surface area contributed by atoms with E-state index in [2.05, 4.69) is 37.0 Å². The third-order valence-corrected chi connectivity index (χ3v) is 4.49. The van der Waals surface area contributed by atoms with E-state index in [9.17, 15) is 4.79 Å². The third-order valence-electron chi connectivity index (χ3n) is 2.40. The maximum atomic E-state index is 11.6. The van der Waals surface area contributed by atoms with Gasteiger partial charge in [-0.25, -0.2) is 4.79 Å². The van der Waals surface area contributed by atoms with E-state index in [4.69, 9.17) is 9.57 Å². The Morgan fingerprint density at radius 2 is 2.14 bits per heavy atom. The second-order valence-corrected chi connectivity index (χ2v) is 6.70. The van der Waals surface area contributed by atoms with Crippen molar-refractivity contribution in [2.75, 3.05) is 6.61 Å². The molecule has 21 heavy (non-hydrogen) atoms. The van der Waals surface area contributed by atoms with Crippen molar-refractivity contribution in [2.24, 2.45) is 5.16 Å². The third kappa shape index (κ3) is 4.94. The van der Waals surface area contributed by atoms with Crippen LogP contribution in [0.1, 0.15) is 11.8 Å². The SMILES string of the molecule is C/C(=N/OC(=O)COc1ccc(Br)cc1Br)c1cccs1. The van der Waals surface area contributed by atoms with Gasteiger partial charge in [0.15, 0.2) is 6.61 Å². The first-order valence-electron chi connectivity index (χ1n) is 5.92. The molecule has 1 aromatic carbocycles. The van der Waals surface area contributed by atoms with Crippen LogP contribution in [0.25, 0.3) is 0 Å². The molecule has 0 unspecified atom stereocenters. The molecule has 0 bridgehead atoms. The normalized spacial score (nSPS) is 11.3. The van der Waals surface area contributed by atoms with Crippen molar-refractivity contribution < 1.29 is 14.4 Å². The lowest BCUT2D eigenvalue weighted by Gasteiger charge is -2.06. The van der Waals surface area contributed by atoms with E-state index in [1.54, 1.807) is 13.0 Å². The van der Waals surface area contributed by atoms with Gasteiger partial charge in [-0.2, -0.15) is 0 Å². The van der Waals surface area contributed by atoms with Gasteiger partial charge in [0.05, 0.1) is 15.1 Å². The Kier molecular flexibility index (Phi) is 5.96. The molecule has 0 amide bonds. The molecular weight excluding hydrogens is 422 g/mol. The minimum atomic E-state index is -0.555. The summed E-state index contributed by atoms with van der Waals surface area (Å²) in [5.74, 6) is 0.00910. The first kappa shape index (κ1) is 16.2. The van der Waals surface area contributed by atoms with Gasteiger partial charge in [-0.15, -0.1) is 11.3 Å².